The van der Waals surface area contributed by atoms with Crippen molar-refractivity contribution in [2.75, 3.05) is 5.32 Å². The third-order valence-corrected chi connectivity index (χ3v) is 3.38. The molecule has 0 radical (unpaired) electrons. The Morgan fingerprint density at radius 3 is 2.89 bits per heavy atom. The number of hydrogen-bond donors (Lipinski definition) is 2. The highest BCUT2D eigenvalue weighted by Gasteiger charge is 2.25. The Hall–Kier alpha value is -1.88. The van der Waals surface area contributed by atoms with Crippen LogP contribution in [0.3, 0.4) is 0 Å². The molecule has 0 atom stereocenters. The van der Waals surface area contributed by atoms with Gasteiger partial charge >= 0.3 is 0 Å². The molecule has 5 heteroatoms. The monoisotopic (exact) mass is 244 g/mol. The van der Waals surface area contributed by atoms with Gasteiger partial charge in [0.15, 0.2) is 0 Å². The van der Waals surface area contributed by atoms with Gasteiger partial charge < -0.3 is 15.5 Å². The van der Waals surface area contributed by atoms with Crippen molar-refractivity contribution in [3.05, 3.63) is 30.2 Å². The molecule has 1 aliphatic rings. The van der Waals surface area contributed by atoms with Crippen LogP contribution < -0.4 is 11.1 Å². The molecule has 2 aromatic rings. The van der Waals surface area contributed by atoms with Crippen LogP contribution in [0.1, 0.15) is 18.4 Å². The molecule has 3 N–H and O–H groups in total. The van der Waals surface area contributed by atoms with Gasteiger partial charge in [-0.1, -0.05) is 6.07 Å². The second-order valence-corrected chi connectivity index (χ2v) is 4.85. The Morgan fingerprint density at radius 2 is 2.22 bits per heavy atom. The van der Waals surface area contributed by atoms with E-state index in [0.717, 1.165) is 24.1 Å². The minimum atomic E-state index is 0.349. The number of nitrogens with zero attached hydrogens (tertiary/aromatic N) is 2. The average Bonchev–Trinajstić information content (AvgIpc) is 2.83. The SMILES string of the molecule is Cc1ccc(-c2nnco2)cc1NC1CC(N)C1. The van der Waals surface area contributed by atoms with E-state index in [1.165, 1.54) is 12.0 Å². The number of aryl methyl sites for hydroxylation is 1. The number of benzene rings is 1. The molecule has 5 nitrogen and oxygen atoms in total. The maximum atomic E-state index is 5.79. The number of nitrogens with one attached hydrogen (secondary N) is 1. The van der Waals surface area contributed by atoms with Crippen molar-refractivity contribution >= 4 is 5.69 Å². The molecule has 3 rings (SSSR count). The van der Waals surface area contributed by atoms with Crippen molar-refractivity contribution in [3.8, 4) is 11.5 Å². The Balaban J connectivity index is 1.82. The van der Waals surface area contributed by atoms with Crippen LogP contribution in [-0.4, -0.2) is 22.3 Å². The molecule has 0 bridgehead atoms. The fraction of sp³-hybridized carbons (Fsp3) is 0.385. The third kappa shape index (κ3) is 2.09. The highest BCUT2D eigenvalue weighted by atomic mass is 16.4. The van der Waals surface area contributed by atoms with Crippen LogP contribution in [0.5, 0.6) is 0 Å². The molecule has 1 saturated carbocycles. The van der Waals surface area contributed by atoms with E-state index in [1.807, 2.05) is 12.1 Å². The van der Waals surface area contributed by atoms with Gasteiger partial charge in [0.1, 0.15) is 0 Å². The summed E-state index contributed by atoms with van der Waals surface area (Å²) in [5, 5.41) is 11.1. The first kappa shape index (κ1) is 11.2. The van der Waals surface area contributed by atoms with E-state index >= 15 is 0 Å². The zero-order chi connectivity index (χ0) is 12.5. The van der Waals surface area contributed by atoms with Crippen LogP contribution in [0, 0.1) is 6.92 Å². The first-order valence-corrected chi connectivity index (χ1v) is 6.11. The molecule has 1 fully saturated rings. The van der Waals surface area contributed by atoms with E-state index < -0.39 is 0 Å². The number of hydrogen-bond acceptors (Lipinski definition) is 5. The molecular formula is C13H16N4O. The number of rotatable bonds is 3. The molecule has 1 heterocycles. The predicted molar refractivity (Wildman–Crippen MR) is 69.1 cm³/mol. The quantitative estimate of drug-likeness (QED) is 0.862. The highest BCUT2D eigenvalue weighted by Crippen LogP contribution is 2.28. The summed E-state index contributed by atoms with van der Waals surface area (Å²) in [6.45, 7) is 2.08. The van der Waals surface area contributed by atoms with Gasteiger partial charge in [0, 0.05) is 23.3 Å². The van der Waals surface area contributed by atoms with Crippen LogP contribution in [0.4, 0.5) is 5.69 Å². The van der Waals surface area contributed by atoms with Gasteiger partial charge in [-0.05, 0) is 37.5 Å². The van der Waals surface area contributed by atoms with Crippen molar-refractivity contribution in [1.29, 1.82) is 0 Å². The third-order valence-electron chi connectivity index (χ3n) is 3.38. The molecule has 0 aliphatic heterocycles. The summed E-state index contributed by atoms with van der Waals surface area (Å²) in [6.07, 6.45) is 3.40. The molecule has 18 heavy (non-hydrogen) atoms. The van der Waals surface area contributed by atoms with Gasteiger partial charge in [-0.15, -0.1) is 10.2 Å². The lowest BCUT2D eigenvalue weighted by atomic mass is 9.87. The summed E-state index contributed by atoms with van der Waals surface area (Å²) in [4.78, 5) is 0. The lowest BCUT2D eigenvalue weighted by Gasteiger charge is -2.34. The molecule has 1 aromatic heterocycles. The number of anilines is 1. The van der Waals surface area contributed by atoms with E-state index in [1.54, 1.807) is 0 Å². The maximum absolute atomic E-state index is 5.79. The van der Waals surface area contributed by atoms with E-state index in [9.17, 15) is 0 Å². The molecule has 1 aromatic carbocycles. The molecule has 94 valence electrons. The van der Waals surface area contributed by atoms with Gasteiger partial charge in [-0.25, -0.2) is 0 Å². The smallest absolute Gasteiger partial charge is 0.247 e. The Kier molecular flexibility index (Phi) is 2.76. The summed E-state index contributed by atoms with van der Waals surface area (Å²) in [5.74, 6) is 0.545. The van der Waals surface area contributed by atoms with Gasteiger partial charge in [0.2, 0.25) is 12.3 Å². The molecule has 0 saturated heterocycles. The summed E-state index contributed by atoms with van der Waals surface area (Å²) in [5.41, 5.74) is 9.05. The van der Waals surface area contributed by atoms with Gasteiger partial charge in [-0.3, -0.25) is 0 Å². The zero-order valence-corrected chi connectivity index (χ0v) is 10.3. The Bertz CT molecular complexity index is 532. The number of aromatic nitrogens is 2. The largest absolute Gasteiger partial charge is 0.423 e. The van der Waals surface area contributed by atoms with E-state index in [-0.39, 0.29) is 0 Å². The highest BCUT2D eigenvalue weighted by molar-refractivity contribution is 5.64. The van der Waals surface area contributed by atoms with Crippen molar-refractivity contribution in [2.24, 2.45) is 5.73 Å². The molecule has 0 spiro atoms. The fourth-order valence-electron chi connectivity index (χ4n) is 2.21. The van der Waals surface area contributed by atoms with Crippen LogP contribution in [0.2, 0.25) is 0 Å². The average molecular weight is 244 g/mol. The topological polar surface area (TPSA) is 77.0 Å². The summed E-state index contributed by atoms with van der Waals surface area (Å²) in [6, 6.07) is 6.92. The lowest BCUT2D eigenvalue weighted by Crippen LogP contribution is -2.44. The van der Waals surface area contributed by atoms with E-state index in [2.05, 4.69) is 28.5 Å². The van der Waals surface area contributed by atoms with E-state index in [4.69, 9.17) is 10.2 Å². The fourth-order valence-corrected chi connectivity index (χ4v) is 2.21. The minimum Gasteiger partial charge on any atom is -0.423 e. The van der Waals surface area contributed by atoms with Crippen molar-refractivity contribution < 1.29 is 4.42 Å². The van der Waals surface area contributed by atoms with Crippen LogP contribution in [-0.2, 0) is 0 Å². The van der Waals surface area contributed by atoms with Crippen LogP contribution >= 0.6 is 0 Å². The van der Waals surface area contributed by atoms with Crippen molar-refractivity contribution in [1.82, 2.24) is 10.2 Å². The minimum absolute atomic E-state index is 0.349. The molecule has 0 unspecified atom stereocenters. The van der Waals surface area contributed by atoms with Crippen molar-refractivity contribution in [2.45, 2.75) is 31.8 Å². The second kappa shape index (κ2) is 4.42. The summed E-state index contributed by atoms with van der Waals surface area (Å²) in [7, 11) is 0. The standard InChI is InChI=1S/C13H16N4O/c1-8-2-3-9(13-17-15-7-18-13)4-12(8)16-11-5-10(14)6-11/h2-4,7,10-11,16H,5-6,14H2,1H3. The predicted octanol–water partition coefficient (Wildman–Crippen LogP) is 1.95. The zero-order valence-electron chi connectivity index (χ0n) is 10.3. The van der Waals surface area contributed by atoms with Gasteiger partial charge in [0.25, 0.3) is 0 Å². The molecular weight excluding hydrogens is 228 g/mol. The number of nitrogens with two attached hydrogens (primary N) is 1. The summed E-state index contributed by atoms with van der Waals surface area (Å²) < 4.78 is 5.21. The van der Waals surface area contributed by atoms with Gasteiger partial charge in [0.05, 0.1) is 0 Å². The molecule has 0 amide bonds. The molecule has 1 aliphatic carbocycles. The van der Waals surface area contributed by atoms with Crippen molar-refractivity contribution in [3.63, 3.8) is 0 Å². The lowest BCUT2D eigenvalue weighted by molar-refractivity contribution is 0.373. The Morgan fingerprint density at radius 1 is 1.39 bits per heavy atom. The van der Waals surface area contributed by atoms with E-state index in [0.29, 0.717) is 18.0 Å². The first-order chi connectivity index (χ1) is 8.72. The van der Waals surface area contributed by atoms with Gasteiger partial charge in [-0.2, -0.15) is 0 Å². The van der Waals surface area contributed by atoms with Crippen LogP contribution in [0.25, 0.3) is 11.5 Å². The first-order valence-electron chi connectivity index (χ1n) is 6.11. The normalized spacial score (nSPS) is 22.6. The second-order valence-electron chi connectivity index (χ2n) is 4.85. The summed E-state index contributed by atoms with van der Waals surface area (Å²) >= 11 is 0. The maximum Gasteiger partial charge on any atom is 0.247 e. The Labute approximate surface area is 105 Å². The van der Waals surface area contributed by atoms with Crippen LogP contribution in [0.15, 0.2) is 29.0 Å².